The van der Waals surface area contributed by atoms with Gasteiger partial charge in [0, 0.05) is 22.2 Å². The average Bonchev–Trinajstić information content (AvgIpc) is 2.85. The number of halogens is 1. The maximum absolute atomic E-state index is 13.4. The molecule has 0 radical (unpaired) electrons. The SMILES string of the molecule is O=C(CSc1nc2ccccc2c(=O)n1Nc1ccnc2cc(Cl)ccc12)c1ccccc1. The summed E-state index contributed by atoms with van der Waals surface area (Å²) in [4.78, 5) is 35.1. The number of para-hydroxylation sites is 1. The molecule has 0 aliphatic heterocycles. The molecule has 0 aliphatic carbocycles. The summed E-state index contributed by atoms with van der Waals surface area (Å²) in [6.45, 7) is 0. The number of nitrogens with one attached hydrogen (secondary N) is 1. The van der Waals surface area contributed by atoms with Crippen LogP contribution in [0, 0.1) is 0 Å². The molecule has 0 unspecified atom stereocenters. The third-order valence-corrected chi connectivity index (χ3v) is 6.28. The third-order valence-electron chi connectivity index (χ3n) is 5.11. The van der Waals surface area contributed by atoms with Gasteiger partial charge in [-0.15, -0.1) is 0 Å². The molecule has 0 bridgehead atoms. The summed E-state index contributed by atoms with van der Waals surface area (Å²) in [6, 6.07) is 23.4. The molecular weight excluding hydrogens is 456 g/mol. The van der Waals surface area contributed by atoms with Crippen molar-refractivity contribution in [2.45, 2.75) is 5.16 Å². The first-order valence-electron chi connectivity index (χ1n) is 10.1. The van der Waals surface area contributed by atoms with Crippen molar-refractivity contribution in [1.82, 2.24) is 14.6 Å². The van der Waals surface area contributed by atoms with Crippen molar-refractivity contribution in [3.63, 3.8) is 0 Å². The van der Waals surface area contributed by atoms with Gasteiger partial charge in [-0.1, -0.05) is 65.8 Å². The fraction of sp³-hybridized carbons (Fsp3) is 0.0400. The Labute approximate surface area is 198 Å². The molecule has 0 saturated carbocycles. The number of aromatic nitrogens is 3. The van der Waals surface area contributed by atoms with Crippen LogP contribution in [0.5, 0.6) is 0 Å². The first kappa shape index (κ1) is 21.2. The number of anilines is 1. The number of pyridine rings is 1. The van der Waals surface area contributed by atoms with E-state index in [1.165, 1.54) is 16.4 Å². The van der Waals surface area contributed by atoms with Gasteiger partial charge in [0.2, 0.25) is 0 Å². The Kier molecular flexibility index (Phi) is 5.81. The number of fused-ring (bicyclic) bond motifs is 2. The van der Waals surface area contributed by atoms with Crippen LogP contribution in [0.25, 0.3) is 21.8 Å². The Morgan fingerprint density at radius 2 is 1.73 bits per heavy atom. The van der Waals surface area contributed by atoms with Gasteiger partial charge >= 0.3 is 0 Å². The summed E-state index contributed by atoms with van der Waals surface area (Å²) in [5.74, 6) is 0.0990. The number of carbonyl (C=O) groups is 1. The zero-order chi connectivity index (χ0) is 22.8. The number of rotatable bonds is 6. The summed E-state index contributed by atoms with van der Waals surface area (Å²) in [6.07, 6.45) is 1.65. The van der Waals surface area contributed by atoms with Crippen LogP contribution in [0.4, 0.5) is 5.69 Å². The Morgan fingerprint density at radius 3 is 2.58 bits per heavy atom. The van der Waals surface area contributed by atoms with Crippen LogP contribution < -0.4 is 11.0 Å². The van der Waals surface area contributed by atoms with Crippen molar-refractivity contribution in [1.29, 1.82) is 0 Å². The smallest absolute Gasteiger partial charge is 0.280 e. The molecule has 0 aliphatic rings. The van der Waals surface area contributed by atoms with Gasteiger partial charge in [-0.2, -0.15) is 4.68 Å². The second-order valence-electron chi connectivity index (χ2n) is 7.26. The molecule has 3 aromatic carbocycles. The van der Waals surface area contributed by atoms with E-state index in [4.69, 9.17) is 11.6 Å². The minimum absolute atomic E-state index is 0.0430. The maximum atomic E-state index is 13.4. The summed E-state index contributed by atoms with van der Waals surface area (Å²) in [5, 5.41) is 2.25. The highest BCUT2D eigenvalue weighted by Crippen LogP contribution is 2.26. The Bertz CT molecular complexity index is 1550. The van der Waals surface area contributed by atoms with E-state index in [2.05, 4.69) is 15.4 Å². The molecule has 0 atom stereocenters. The van der Waals surface area contributed by atoms with E-state index in [1.807, 2.05) is 30.3 Å². The Balaban J connectivity index is 1.57. The first-order chi connectivity index (χ1) is 16.1. The average molecular weight is 473 g/mol. The molecule has 0 saturated heterocycles. The van der Waals surface area contributed by atoms with Gasteiger partial charge in [-0.05, 0) is 36.4 Å². The monoisotopic (exact) mass is 472 g/mol. The molecule has 5 aromatic rings. The fourth-order valence-electron chi connectivity index (χ4n) is 3.48. The van der Waals surface area contributed by atoms with Crippen molar-refractivity contribution in [3.8, 4) is 0 Å². The molecule has 33 heavy (non-hydrogen) atoms. The van der Waals surface area contributed by atoms with Crippen LogP contribution in [-0.4, -0.2) is 26.2 Å². The summed E-state index contributed by atoms with van der Waals surface area (Å²) < 4.78 is 1.38. The van der Waals surface area contributed by atoms with Crippen LogP contribution in [0.15, 0.2) is 95.0 Å². The van der Waals surface area contributed by atoms with E-state index in [0.717, 1.165) is 5.39 Å². The molecule has 6 nitrogen and oxygen atoms in total. The lowest BCUT2D eigenvalue weighted by molar-refractivity contribution is 0.102. The number of Topliss-reactive ketones (excluding diaryl/α,β-unsaturated/α-hetero) is 1. The van der Waals surface area contributed by atoms with Gasteiger partial charge in [0.1, 0.15) is 0 Å². The van der Waals surface area contributed by atoms with Gasteiger partial charge in [0.15, 0.2) is 10.9 Å². The zero-order valence-electron chi connectivity index (χ0n) is 17.2. The minimum Gasteiger partial charge on any atom is -0.293 e. The van der Waals surface area contributed by atoms with E-state index in [1.54, 1.807) is 54.7 Å². The largest absolute Gasteiger partial charge is 0.293 e. The lowest BCUT2D eigenvalue weighted by Gasteiger charge is -2.16. The summed E-state index contributed by atoms with van der Waals surface area (Å²) in [7, 11) is 0. The molecule has 0 amide bonds. The molecule has 0 fully saturated rings. The van der Waals surface area contributed by atoms with Crippen LogP contribution in [-0.2, 0) is 0 Å². The standard InChI is InChI=1S/C25H17ClN4O2S/c26-17-10-11-18-21(12-13-27-22(18)14-17)29-30-24(32)19-8-4-5-9-20(19)28-25(30)33-15-23(31)16-6-2-1-3-7-16/h1-14H,15H2,(H,27,29). The number of hydrogen-bond acceptors (Lipinski definition) is 6. The second-order valence-corrected chi connectivity index (χ2v) is 8.64. The second kappa shape index (κ2) is 9.05. The molecule has 2 aromatic heterocycles. The number of ketones is 1. The topological polar surface area (TPSA) is 76.9 Å². The molecule has 162 valence electrons. The number of hydrogen-bond donors (Lipinski definition) is 1. The van der Waals surface area contributed by atoms with Gasteiger partial charge in [-0.3, -0.25) is 20.0 Å². The zero-order valence-corrected chi connectivity index (χ0v) is 18.8. The van der Waals surface area contributed by atoms with E-state index < -0.39 is 0 Å². The van der Waals surface area contributed by atoms with E-state index in [9.17, 15) is 9.59 Å². The van der Waals surface area contributed by atoms with Gasteiger partial charge < -0.3 is 0 Å². The van der Waals surface area contributed by atoms with Gasteiger partial charge in [-0.25, -0.2) is 4.98 Å². The van der Waals surface area contributed by atoms with Crippen molar-refractivity contribution in [2.75, 3.05) is 11.2 Å². The van der Waals surface area contributed by atoms with E-state index in [-0.39, 0.29) is 17.1 Å². The predicted molar refractivity (Wildman–Crippen MR) is 133 cm³/mol. The minimum atomic E-state index is -0.255. The lowest BCUT2D eigenvalue weighted by Crippen LogP contribution is -2.29. The predicted octanol–water partition coefficient (Wildman–Crippen LogP) is 5.45. The summed E-state index contributed by atoms with van der Waals surface area (Å²) >= 11 is 7.32. The Hall–Kier alpha value is -3.68. The lowest BCUT2D eigenvalue weighted by atomic mass is 10.2. The number of carbonyl (C=O) groups excluding carboxylic acids is 1. The number of nitrogens with zero attached hydrogens (tertiary/aromatic N) is 3. The molecule has 0 spiro atoms. The molecule has 8 heteroatoms. The van der Waals surface area contributed by atoms with Crippen molar-refractivity contribution in [2.24, 2.45) is 0 Å². The van der Waals surface area contributed by atoms with Gasteiger partial charge in [0.25, 0.3) is 5.56 Å². The number of thioether (sulfide) groups is 1. The van der Waals surface area contributed by atoms with Crippen LogP contribution in [0.3, 0.4) is 0 Å². The third kappa shape index (κ3) is 4.33. The fourth-order valence-corrected chi connectivity index (χ4v) is 4.50. The van der Waals surface area contributed by atoms with E-state index >= 15 is 0 Å². The highest BCUT2D eigenvalue weighted by atomic mass is 35.5. The van der Waals surface area contributed by atoms with Crippen LogP contribution >= 0.6 is 23.4 Å². The van der Waals surface area contributed by atoms with Crippen molar-refractivity contribution in [3.05, 3.63) is 106 Å². The van der Waals surface area contributed by atoms with Gasteiger partial charge in [0.05, 0.1) is 27.9 Å². The molecule has 1 N–H and O–H groups in total. The number of benzene rings is 3. The van der Waals surface area contributed by atoms with E-state index in [0.29, 0.717) is 37.8 Å². The summed E-state index contributed by atoms with van der Waals surface area (Å²) in [5.41, 5.74) is 5.49. The molecular formula is C25H17ClN4O2S. The normalized spacial score (nSPS) is 11.1. The highest BCUT2D eigenvalue weighted by Gasteiger charge is 2.15. The first-order valence-corrected chi connectivity index (χ1v) is 11.5. The highest BCUT2D eigenvalue weighted by molar-refractivity contribution is 7.99. The van der Waals surface area contributed by atoms with Crippen molar-refractivity contribution >= 4 is 56.6 Å². The van der Waals surface area contributed by atoms with Crippen LogP contribution in [0.2, 0.25) is 5.02 Å². The quantitative estimate of drug-likeness (QED) is 0.201. The van der Waals surface area contributed by atoms with Crippen molar-refractivity contribution < 1.29 is 4.79 Å². The molecule has 5 rings (SSSR count). The van der Waals surface area contributed by atoms with Crippen LogP contribution in [0.1, 0.15) is 10.4 Å². The Morgan fingerprint density at radius 1 is 0.939 bits per heavy atom. The molecule has 2 heterocycles. The maximum Gasteiger partial charge on any atom is 0.280 e.